The molecule has 0 radical (unpaired) electrons. The van der Waals surface area contributed by atoms with Crippen molar-refractivity contribution in [3.05, 3.63) is 0 Å². The van der Waals surface area contributed by atoms with Crippen molar-refractivity contribution in [1.29, 1.82) is 0 Å². The number of carbonyl (C=O) groups is 2. The standard InChI is InChI=1S/C6H11NO.C5H9NO/c1-5-3-4-7(2)6(5)8;1-6-4-2-3-5(6)7/h5H,3-4H2,1-2H3;2-4H2,1H3. The fourth-order valence-corrected chi connectivity index (χ4v) is 1.78. The maximum absolute atomic E-state index is 10.8. The van der Waals surface area contributed by atoms with Crippen molar-refractivity contribution in [1.82, 2.24) is 9.80 Å². The number of amides is 2. The molecule has 4 nitrogen and oxygen atoms in total. The van der Waals surface area contributed by atoms with Crippen LogP contribution < -0.4 is 0 Å². The molecule has 0 bridgehead atoms. The van der Waals surface area contributed by atoms with E-state index in [1.54, 1.807) is 9.80 Å². The van der Waals surface area contributed by atoms with Crippen LogP contribution in [-0.2, 0) is 9.59 Å². The highest BCUT2D eigenvalue weighted by atomic mass is 16.2. The minimum atomic E-state index is 0.278. The summed E-state index contributed by atoms with van der Waals surface area (Å²) in [7, 11) is 3.70. The maximum Gasteiger partial charge on any atom is 0.225 e. The monoisotopic (exact) mass is 212 g/mol. The zero-order chi connectivity index (χ0) is 11.4. The van der Waals surface area contributed by atoms with Gasteiger partial charge in [0.2, 0.25) is 11.8 Å². The number of hydrogen-bond acceptors (Lipinski definition) is 2. The Hall–Kier alpha value is -1.06. The van der Waals surface area contributed by atoms with E-state index < -0.39 is 0 Å². The van der Waals surface area contributed by atoms with Crippen LogP contribution >= 0.6 is 0 Å². The van der Waals surface area contributed by atoms with Crippen LogP contribution in [0.15, 0.2) is 0 Å². The van der Waals surface area contributed by atoms with Gasteiger partial charge in [0, 0.05) is 39.5 Å². The first-order valence-corrected chi connectivity index (χ1v) is 5.51. The average molecular weight is 212 g/mol. The summed E-state index contributed by atoms with van der Waals surface area (Å²) in [6.07, 6.45) is 2.85. The van der Waals surface area contributed by atoms with Crippen molar-refractivity contribution >= 4 is 11.8 Å². The van der Waals surface area contributed by atoms with Crippen LogP contribution in [0.2, 0.25) is 0 Å². The van der Waals surface area contributed by atoms with E-state index in [9.17, 15) is 9.59 Å². The minimum absolute atomic E-state index is 0.278. The van der Waals surface area contributed by atoms with Gasteiger partial charge in [-0.3, -0.25) is 9.59 Å². The second-order valence-corrected chi connectivity index (χ2v) is 4.37. The van der Waals surface area contributed by atoms with Gasteiger partial charge >= 0.3 is 0 Å². The van der Waals surface area contributed by atoms with Gasteiger partial charge in [0.1, 0.15) is 0 Å². The van der Waals surface area contributed by atoms with Crippen molar-refractivity contribution < 1.29 is 9.59 Å². The quantitative estimate of drug-likeness (QED) is 0.593. The molecule has 0 aromatic carbocycles. The molecule has 2 aliphatic rings. The summed E-state index contributed by atoms with van der Waals surface area (Å²) < 4.78 is 0. The Kier molecular flexibility index (Phi) is 4.12. The highest BCUT2D eigenvalue weighted by molar-refractivity contribution is 5.80. The summed E-state index contributed by atoms with van der Waals surface area (Å²) in [4.78, 5) is 24.9. The van der Waals surface area contributed by atoms with Crippen LogP contribution in [0.5, 0.6) is 0 Å². The van der Waals surface area contributed by atoms with E-state index in [0.717, 1.165) is 32.4 Å². The van der Waals surface area contributed by atoms with Crippen molar-refractivity contribution in [3.8, 4) is 0 Å². The molecule has 2 rings (SSSR count). The third-order valence-corrected chi connectivity index (χ3v) is 3.01. The molecule has 4 heteroatoms. The Morgan fingerprint density at radius 2 is 1.80 bits per heavy atom. The molecule has 2 fully saturated rings. The van der Waals surface area contributed by atoms with E-state index in [0.29, 0.717) is 11.8 Å². The van der Waals surface area contributed by atoms with Gasteiger partial charge in [0.25, 0.3) is 0 Å². The van der Waals surface area contributed by atoms with Crippen LogP contribution in [-0.4, -0.2) is 48.8 Å². The highest BCUT2D eigenvalue weighted by Gasteiger charge is 2.23. The average Bonchev–Trinajstić information content (AvgIpc) is 2.70. The van der Waals surface area contributed by atoms with Gasteiger partial charge in [0.05, 0.1) is 0 Å². The van der Waals surface area contributed by atoms with Crippen molar-refractivity contribution in [2.75, 3.05) is 27.2 Å². The second-order valence-electron chi connectivity index (χ2n) is 4.37. The lowest BCUT2D eigenvalue weighted by Gasteiger charge is -2.05. The predicted octanol–water partition coefficient (Wildman–Crippen LogP) is 0.723. The molecule has 0 saturated carbocycles. The SMILES string of the molecule is CC1CCN(C)C1=O.CN1CCCC1=O. The number of nitrogens with zero attached hydrogens (tertiary/aromatic N) is 2. The molecule has 1 atom stereocenters. The Balaban J connectivity index is 0.000000151. The van der Waals surface area contributed by atoms with Gasteiger partial charge in [-0.05, 0) is 12.8 Å². The lowest BCUT2D eigenvalue weighted by atomic mass is 10.1. The lowest BCUT2D eigenvalue weighted by molar-refractivity contribution is -0.129. The molecule has 2 amide bonds. The first-order chi connectivity index (χ1) is 7.02. The molecule has 2 heterocycles. The Morgan fingerprint density at radius 1 is 1.13 bits per heavy atom. The Labute approximate surface area is 91.2 Å². The van der Waals surface area contributed by atoms with E-state index in [1.807, 2.05) is 21.0 Å². The van der Waals surface area contributed by atoms with E-state index in [2.05, 4.69) is 0 Å². The van der Waals surface area contributed by atoms with Gasteiger partial charge in [-0.2, -0.15) is 0 Å². The largest absolute Gasteiger partial charge is 0.346 e. The summed E-state index contributed by atoms with van der Waals surface area (Å²) in [5.74, 6) is 0.866. The molecule has 0 aliphatic carbocycles. The molecule has 1 unspecified atom stereocenters. The predicted molar refractivity (Wildman–Crippen MR) is 58.3 cm³/mol. The van der Waals surface area contributed by atoms with Crippen LogP contribution in [0.3, 0.4) is 0 Å². The molecule has 2 aliphatic heterocycles. The lowest BCUT2D eigenvalue weighted by Crippen LogP contribution is -2.21. The molecular weight excluding hydrogens is 192 g/mol. The van der Waals surface area contributed by atoms with Crippen molar-refractivity contribution in [3.63, 3.8) is 0 Å². The number of hydrogen-bond donors (Lipinski definition) is 0. The van der Waals surface area contributed by atoms with Gasteiger partial charge in [-0.1, -0.05) is 6.92 Å². The summed E-state index contributed by atoms with van der Waals surface area (Å²) in [5, 5.41) is 0. The van der Waals surface area contributed by atoms with Gasteiger partial charge < -0.3 is 9.80 Å². The van der Waals surface area contributed by atoms with Crippen LogP contribution in [0.1, 0.15) is 26.2 Å². The fourth-order valence-electron chi connectivity index (χ4n) is 1.78. The molecule has 86 valence electrons. The first kappa shape index (κ1) is 12.0. The molecule has 0 aromatic heterocycles. The molecule has 2 saturated heterocycles. The van der Waals surface area contributed by atoms with Crippen molar-refractivity contribution in [2.45, 2.75) is 26.2 Å². The number of carbonyl (C=O) groups excluding carboxylic acids is 2. The third-order valence-electron chi connectivity index (χ3n) is 3.01. The topological polar surface area (TPSA) is 40.6 Å². The van der Waals surface area contributed by atoms with Gasteiger partial charge in [-0.15, -0.1) is 0 Å². The van der Waals surface area contributed by atoms with E-state index in [-0.39, 0.29) is 5.92 Å². The minimum Gasteiger partial charge on any atom is -0.346 e. The smallest absolute Gasteiger partial charge is 0.225 e. The number of rotatable bonds is 0. The molecular formula is C11H20N2O2. The number of likely N-dealkylation sites (tertiary alicyclic amines) is 2. The molecule has 0 spiro atoms. The van der Waals surface area contributed by atoms with E-state index in [1.165, 1.54) is 0 Å². The maximum atomic E-state index is 10.8. The van der Waals surface area contributed by atoms with Gasteiger partial charge in [-0.25, -0.2) is 0 Å². The summed E-state index contributed by atoms with van der Waals surface area (Å²) in [5.41, 5.74) is 0. The Morgan fingerprint density at radius 3 is 1.93 bits per heavy atom. The highest BCUT2D eigenvalue weighted by Crippen LogP contribution is 2.13. The molecule has 0 N–H and O–H groups in total. The second kappa shape index (κ2) is 5.14. The summed E-state index contributed by atoms with van der Waals surface area (Å²) >= 11 is 0. The van der Waals surface area contributed by atoms with Crippen LogP contribution in [0.25, 0.3) is 0 Å². The zero-order valence-corrected chi connectivity index (χ0v) is 9.82. The third kappa shape index (κ3) is 3.22. The Bertz CT molecular complexity index is 241. The van der Waals surface area contributed by atoms with E-state index in [4.69, 9.17) is 0 Å². The zero-order valence-electron chi connectivity index (χ0n) is 9.82. The molecule has 15 heavy (non-hydrogen) atoms. The van der Waals surface area contributed by atoms with Crippen molar-refractivity contribution in [2.24, 2.45) is 5.92 Å². The molecule has 0 aromatic rings. The fraction of sp³-hybridized carbons (Fsp3) is 0.818. The first-order valence-electron chi connectivity index (χ1n) is 5.51. The summed E-state index contributed by atoms with van der Waals surface area (Å²) in [6.45, 7) is 3.88. The van der Waals surface area contributed by atoms with E-state index >= 15 is 0 Å². The van der Waals surface area contributed by atoms with Gasteiger partial charge in [0.15, 0.2) is 0 Å². The van der Waals surface area contributed by atoms with Crippen LogP contribution in [0.4, 0.5) is 0 Å². The van der Waals surface area contributed by atoms with Crippen LogP contribution in [0, 0.1) is 5.92 Å². The summed E-state index contributed by atoms with van der Waals surface area (Å²) in [6, 6.07) is 0. The normalized spacial score (nSPS) is 25.7.